The van der Waals surface area contributed by atoms with Gasteiger partial charge in [0.25, 0.3) is 0 Å². The molecule has 1 N–H and O–H groups in total. The molecule has 0 radical (unpaired) electrons. The zero-order valence-corrected chi connectivity index (χ0v) is 14.6. The highest BCUT2D eigenvalue weighted by atomic mass is 32.1. The highest BCUT2D eigenvalue weighted by Gasteiger charge is 2.26. The smallest absolute Gasteiger partial charge is 0.00966 e. The summed E-state index contributed by atoms with van der Waals surface area (Å²) in [6.07, 6.45) is 2.35. The minimum Gasteiger partial charge on any atom is -0.312 e. The van der Waals surface area contributed by atoms with Gasteiger partial charge in [0.1, 0.15) is 0 Å². The number of hydrogen-bond donors (Lipinski definition) is 1. The Morgan fingerprint density at radius 1 is 1.05 bits per heavy atom. The molecule has 1 rings (SSSR count). The average Bonchev–Trinajstić information content (AvgIpc) is 2.68. The molecule has 1 heterocycles. The van der Waals surface area contributed by atoms with Crippen molar-refractivity contribution in [3.05, 3.63) is 21.9 Å². The monoisotopic (exact) mass is 281 g/mol. The third-order valence-corrected chi connectivity index (χ3v) is 4.87. The molecular weight excluding hydrogens is 250 g/mol. The normalized spacial score (nSPS) is 14.7. The minimum absolute atomic E-state index is 0.202. The third kappa shape index (κ3) is 6.09. The van der Waals surface area contributed by atoms with Crippen LogP contribution in [0.5, 0.6) is 0 Å². The SMILES string of the molecule is CCc1ccc(CC(CNC(C)(C)C)C(C)(C)C)s1. The Labute approximate surface area is 123 Å². The Morgan fingerprint density at radius 2 is 1.63 bits per heavy atom. The van der Waals surface area contributed by atoms with Crippen LogP contribution in [-0.4, -0.2) is 12.1 Å². The van der Waals surface area contributed by atoms with Gasteiger partial charge in [-0.1, -0.05) is 27.7 Å². The maximum absolute atomic E-state index is 3.67. The van der Waals surface area contributed by atoms with E-state index in [4.69, 9.17) is 0 Å². The van der Waals surface area contributed by atoms with Crippen molar-refractivity contribution in [1.82, 2.24) is 5.32 Å². The number of nitrogens with one attached hydrogen (secondary N) is 1. The molecule has 1 nitrogen and oxygen atoms in total. The van der Waals surface area contributed by atoms with E-state index in [1.165, 1.54) is 16.2 Å². The van der Waals surface area contributed by atoms with Crippen LogP contribution in [0.25, 0.3) is 0 Å². The Hall–Kier alpha value is -0.340. The highest BCUT2D eigenvalue weighted by Crippen LogP contribution is 2.31. The van der Waals surface area contributed by atoms with Crippen molar-refractivity contribution in [3.63, 3.8) is 0 Å². The maximum atomic E-state index is 3.67. The van der Waals surface area contributed by atoms with Crippen molar-refractivity contribution in [2.45, 2.75) is 66.8 Å². The first-order chi connectivity index (χ1) is 8.62. The largest absolute Gasteiger partial charge is 0.312 e. The molecule has 1 aromatic rings. The van der Waals surface area contributed by atoms with Gasteiger partial charge in [0.05, 0.1) is 0 Å². The van der Waals surface area contributed by atoms with Crippen LogP contribution in [0.1, 0.15) is 58.2 Å². The van der Waals surface area contributed by atoms with E-state index in [-0.39, 0.29) is 5.54 Å². The van der Waals surface area contributed by atoms with E-state index < -0.39 is 0 Å². The van der Waals surface area contributed by atoms with Crippen molar-refractivity contribution >= 4 is 11.3 Å². The minimum atomic E-state index is 0.202. The van der Waals surface area contributed by atoms with Gasteiger partial charge < -0.3 is 5.32 Å². The molecule has 2 heteroatoms. The van der Waals surface area contributed by atoms with Crippen LogP contribution in [-0.2, 0) is 12.8 Å². The fraction of sp³-hybridized carbons (Fsp3) is 0.765. The second-order valence-electron chi connectivity index (χ2n) is 7.62. The Balaban J connectivity index is 2.70. The number of thiophene rings is 1. The lowest BCUT2D eigenvalue weighted by Gasteiger charge is -2.33. The van der Waals surface area contributed by atoms with Crippen molar-refractivity contribution in [2.75, 3.05) is 6.54 Å². The van der Waals surface area contributed by atoms with Gasteiger partial charge >= 0.3 is 0 Å². The Bertz CT molecular complexity index is 379. The molecule has 0 aromatic carbocycles. The lowest BCUT2D eigenvalue weighted by Crippen LogP contribution is -2.42. The van der Waals surface area contributed by atoms with Crippen LogP contribution in [0.4, 0.5) is 0 Å². The van der Waals surface area contributed by atoms with E-state index in [1.807, 2.05) is 11.3 Å². The second kappa shape index (κ2) is 6.41. The summed E-state index contributed by atoms with van der Waals surface area (Å²) in [5.74, 6) is 0.676. The van der Waals surface area contributed by atoms with E-state index in [0.717, 1.165) is 13.0 Å². The topological polar surface area (TPSA) is 12.0 Å². The molecule has 1 atom stereocenters. The number of rotatable bonds is 5. The molecule has 0 saturated carbocycles. The molecule has 0 spiro atoms. The summed E-state index contributed by atoms with van der Waals surface area (Å²) in [6.45, 7) is 17.1. The van der Waals surface area contributed by atoms with Crippen LogP contribution in [0, 0.1) is 11.3 Å². The molecule has 0 saturated heterocycles. The molecular formula is C17H31NS. The molecule has 19 heavy (non-hydrogen) atoms. The molecule has 0 aliphatic heterocycles. The van der Waals surface area contributed by atoms with Crippen LogP contribution in [0.3, 0.4) is 0 Å². The second-order valence-corrected chi connectivity index (χ2v) is 8.87. The molecule has 0 aliphatic rings. The van der Waals surface area contributed by atoms with E-state index in [1.54, 1.807) is 0 Å². The van der Waals surface area contributed by atoms with Gasteiger partial charge in [-0.2, -0.15) is 0 Å². The van der Waals surface area contributed by atoms with Crippen molar-refractivity contribution < 1.29 is 0 Å². The maximum Gasteiger partial charge on any atom is 0.00966 e. The zero-order valence-electron chi connectivity index (χ0n) is 13.8. The summed E-state index contributed by atoms with van der Waals surface area (Å²) in [5.41, 5.74) is 0.544. The molecule has 0 bridgehead atoms. The van der Waals surface area contributed by atoms with Crippen LogP contribution >= 0.6 is 11.3 Å². The zero-order chi connectivity index (χ0) is 14.7. The highest BCUT2D eigenvalue weighted by molar-refractivity contribution is 7.11. The number of hydrogen-bond acceptors (Lipinski definition) is 2. The van der Waals surface area contributed by atoms with Gasteiger partial charge in [0.15, 0.2) is 0 Å². The van der Waals surface area contributed by atoms with Crippen molar-refractivity contribution in [1.29, 1.82) is 0 Å². The molecule has 1 aromatic heterocycles. The van der Waals surface area contributed by atoms with Crippen LogP contribution in [0.2, 0.25) is 0 Å². The van der Waals surface area contributed by atoms with Gasteiger partial charge in [0, 0.05) is 15.3 Å². The van der Waals surface area contributed by atoms with E-state index >= 15 is 0 Å². The first-order valence-corrected chi connectivity index (χ1v) is 8.26. The lowest BCUT2D eigenvalue weighted by atomic mass is 9.78. The Morgan fingerprint density at radius 3 is 2.05 bits per heavy atom. The average molecular weight is 282 g/mol. The van der Waals surface area contributed by atoms with Gasteiger partial charge in [-0.25, -0.2) is 0 Å². The predicted molar refractivity (Wildman–Crippen MR) is 88.1 cm³/mol. The predicted octanol–water partition coefficient (Wildman–Crippen LogP) is 4.90. The molecule has 0 fully saturated rings. The molecule has 1 unspecified atom stereocenters. The van der Waals surface area contributed by atoms with Gasteiger partial charge in [-0.05, 0) is 63.6 Å². The lowest BCUT2D eigenvalue weighted by molar-refractivity contribution is 0.215. The molecule has 0 aliphatic carbocycles. The Kier molecular flexibility index (Phi) is 5.64. The standard InChI is InChI=1S/C17H31NS/c1-8-14-9-10-15(19-14)11-13(16(2,3)4)12-18-17(5,6)7/h9-10,13,18H,8,11-12H2,1-7H3. The summed E-state index contributed by atoms with van der Waals surface area (Å²) in [7, 11) is 0. The first kappa shape index (κ1) is 16.7. The van der Waals surface area contributed by atoms with Crippen molar-refractivity contribution in [3.8, 4) is 0 Å². The third-order valence-electron chi connectivity index (χ3n) is 3.62. The fourth-order valence-corrected chi connectivity index (χ4v) is 3.12. The van der Waals surface area contributed by atoms with E-state index in [2.05, 4.69) is 65.9 Å². The summed E-state index contributed by atoms with van der Waals surface area (Å²) < 4.78 is 0. The fourth-order valence-electron chi connectivity index (χ4n) is 2.08. The molecule has 110 valence electrons. The van der Waals surface area contributed by atoms with Crippen LogP contribution in [0.15, 0.2) is 12.1 Å². The summed E-state index contributed by atoms with van der Waals surface area (Å²) in [4.78, 5) is 3.04. The van der Waals surface area contributed by atoms with Gasteiger partial charge in [-0.15, -0.1) is 11.3 Å². The summed E-state index contributed by atoms with van der Waals surface area (Å²) in [6, 6.07) is 4.61. The first-order valence-electron chi connectivity index (χ1n) is 7.44. The van der Waals surface area contributed by atoms with Gasteiger partial charge in [-0.3, -0.25) is 0 Å². The summed E-state index contributed by atoms with van der Waals surface area (Å²) in [5, 5.41) is 3.67. The van der Waals surface area contributed by atoms with Crippen molar-refractivity contribution in [2.24, 2.45) is 11.3 Å². The summed E-state index contributed by atoms with van der Waals surface area (Å²) >= 11 is 1.98. The quantitative estimate of drug-likeness (QED) is 0.809. The van der Waals surface area contributed by atoms with Gasteiger partial charge in [0.2, 0.25) is 0 Å². The van der Waals surface area contributed by atoms with E-state index in [9.17, 15) is 0 Å². The van der Waals surface area contributed by atoms with E-state index in [0.29, 0.717) is 11.3 Å². The number of aryl methyl sites for hydroxylation is 1. The molecule has 0 amide bonds. The van der Waals surface area contributed by atoms with Crippen LogP contribution < -0.4 is 5.32 Å².